The second-order valence-electron chi connectivity index (χ2n) is 6.22. The maximum Gasteiger partial charge on any atom is 0.142 e. The third kappa shape index (κ3) is 3.69. The van der Waals surface area contributed by atoms with E-state index in [2.05, 4.69) is 37.6 Å². The van der Waals surface area contributed by atoms with Crippen LogP contribution in [-0.4, -0.2) is 29.3 Å². The van der Waals surface area contributed by atoms with Crippen molar-refractivity contribution in [3.05, 3.63) is 16.8 Å². The van der Waals surface area contributed by atoms with Crippen molar-refractivity contribution in [1.29, 1.82) is 0 Å². The van der Waals surface area contributed by atoms with Crippen LogP contribution in [0.15, 0.2) is 6.07 Å². The fraction of sp³-hybridized carbons (Fsp3) is 0.643. The van der Waals surface area contributed by atoms with Crippen molar-refractivity contribution in [2.75, 3.05) is 6.61 Å². The van der Waals surface area contributed by atoms with Gasteiger partial charge < -0.3 is 14.4 Å². The van der Waals surface area contributed by atoms with Crippen LogP contribution in [0.2, 0.25) is 25.7 Å². The molecule has 0 aliphatic heterocycles. The third-order valence-corrected chi connectivity index (χ3v) is 6.15. The molecule has 0 atom stereocenters. The van der Waals surface area contributed by atoms with E-state index in [-0.39, 0.29) is 6.61 Å². The van der Waals surface area contributed by atoms with Gasteiger partial charge in [0.05, 0.1) is 5.52 Å². The molecule has 0 aromatic carbocycles. The van der Waals surface area contributed by atoms with Crippen molar-refractivity contribution in [2.45, 2.75) is 52.4 Å². The summed E-state index contributed by atoms with van der Waals surface area (Å²) >= 11 is 1.70. The smallest absolute Gasteiger partial charge is 0.142 e. The zero-order valence-corrected chi connectivity index (χ0v) is 14.6. The highest BCUT2D eigenvalue weighted by Crippen LogP contribution is 2.27. The molecule has 2 rings (SSSR count). The number of aliphatic hydroxyl groups excluding tert-OH is 1. The van der Waals surface area contributed by atoms with Crippen molar-refractivity contribution in [1.82, 2.24) is 9.55 Å². The Hall–Kier alpha value is -0.693. The van der Waals surface area contributed by atoms with E-state index in [1.54, 1.807) is 11.3 Å². The highest BCUT2D eigenvalue weighted by molar-refractivity contribution is 7.18. The number of ether oxygens (including phenoxy) is 1. The standard InChI is InChI=1S/C14H24N2O2SSi/c1-5-11-8-12-14(19-11)15-13(9-17)16(12)10-18-6-7-20(2,3)4/h8,17H,5-7,9-10H2,1-4H3. The van der Waals surface area contributed by atoms with Crippen LogP contribution < -0.4 is 0 Å². The third-order valence-electron chi connectivity index (χ3n) is 3.28. The summed E-state index contributed by atoms with van der Waals surface area (Å²) in [6.45, 7) is 10.4. The van der Waals surface area contributed by atoms with Crippen molar-refractivity contribution >= 4 is 29.8 Å². The summed E-state index contributed by atoms with van der Waals surface area (Å²) in [7, 11) is -1.05. The van der Waals surface area contributed by atoms with E-state index >= 15 is 0 Å². The van der Waals surface area contributed by atoms with E-state index in [9.17, 15) is 5.11 Å². The Bertz CT molecular complexity index is 571. The van der Waals surface area contributed by atoms with Gasteiger partial charge in [0.15, 0.2) is 0 Å². The van der Waals surface area contributed by atoms with Gasteiger partial charge in [-0.3, -0.25) is 0 Å². The first-order valence-electron chi connectivity index (χ1n) is 7.11. The van der Waals surface area contributed by atoms with Crippen LogP contribution in [0.1, 0.15) is 17.6 Å². The van der Waals surface area contributed by atoms with Crippen LogP contribution >= 0.6 is 11.3 Å². The number of aromatic nitrogens is 2. The molecule has 0 aliphatic carbocycles. The molecule has 1 N–H and O–H groups in total. The Morgan fingerprint density at radius 2 is 2.15 bits per heavy atom. The maximum atomic E-state index is 9.42. The highest BCUT2D eigenvalue weighted by Gasteiger charge is 2.15. The number of fused-ring (bicyclic) bond motifs is 1. The minimum atomic E-state index is -1.05. The van der Waals surface area contributed by atoms with E-state index in [1.165, 1.54) is 4.88 Å². The van der Waals surface area contributed by atoms with Crippen molar-refractivity contribution in [2.24, 2.45) is 0 Å². The molecule has 0 amide bonds. The molecule has 2 heterocycles. The highest BCUT2D eigenvalue weighted by atomic mass is 32.1. The van der Waals surface area contributed by atoms with Crippen LogP contribution in [0.3, 0.4) is 0 Å². The fourth-order valence-corrected chi connectivity index (χ4v) is 3.73. The van der Waals surface area contributed by atoms with Crippen LogP contribution in [0.4, 0.5) is 0 Å². The second kappa shape index (κ2) is 6.38. The normalized spacial score (nSPS) is 12.4. The molecule has 0 fully saturated rings. The van der Waals surface area contributed by atoms with Crippen molar-refractivity contribution in [3.63, 3.8) is 0 Å². The second-order valence-corrected chi connectivity index (χ2v) is 13.0. The van der Waals surface area contributed by atoms with E-state index < -0.39 is 8.07 Å². The number of rotatable bonds is 7. The summed E-state index contributed by atoms with van der Waals surface area (Å²) in [6.07, 6.45) is 1.02. The monoisotopic (exact) mass is 312 g/mol. The van der Waals surface area contributed by atoms with Crippen LogP contribution in [0.5, 0.6) is 0 Å². The Morgan fingerprint density at radius 1 is 1.40 bits per heavy atom. The largest absolute Gasteiger partial charge is 0.388 e. The van der Waals surface area contributed by atoms with Gasteiger partial charge in [0, 0.05) is 19.6 Å². The summed E-state index contributed by atoms with van der Waals surface area (Å²) in [5.41, 5.74) is 1.09. The molecule has 0 saturated carbocycles. The average Bonchev–Trinajstić information content (AvgIpc) is 2.90. The molecule has 2 aromatic rings. The minimum Gasteiger partial charge on any atom is -0.388 e. The summed E-state index contributed by atoms with van der Waals surface area (Å²) in [4.78, 5) is 6.81. The van der Waals surface area contributed by atoms with Gasteiger partial charge in [-0.05, 0) is 18.5 Å². The van der Waals surface area contributed by atoms with E-state index in [0.29, 0.717) is 12.6 Å². The molecule has 2 aromatic heterocycles. The predicted molar refractivity (Wildman–Crippen MR) is 87.0 cm³/mol. The summed E-state index contributed by atoms with van der Waals surface area (Å²) in [5, 5.41) is 9.42. The van der Waals surface area contributed by atoms with Gasteiger partial charge in [-0.15, -0.1) is 11.3 Å². The number of aryl methyl sites for hydroxylation is 1. The number of aliphatic hydroxyl groups is 1. The first-order valence-corrected chi connectivity index (χ1v) is 11.6. The molecule has 0 aliphatic rings. The number of hydrogen-bond acceptors (Lipinski definition) is 4. The SMILES string of the molecule is CCc1cc2c(nc(CO)n2COCC[Si](C)(C)C)s1. The number of imidazole rings is 1. The fourth-order valence-electron chi connectivity index (χ4n) is 1.98. The molecule has 0 radical (unpaired) electrons. The zero-order valence-electron chi connectivity index (χ0n) is 12.8. The van der Waals surface area contributed by atoms with E-state index in [1.807, 2.05) is 4.57 Å². The first-order chi connectivity index (χ1) is 9.44. The Labute approximate surface area is 125 Å². The van der Waals surface area contributed by atoms with Crippen LogP contribution in [0.25, 0.3) is 10.3 Å². The minimum absolute atomic E-state index is 0.0414. The number of hydrogen-bond donors (Lipinski definition) is 1. The Kier molecular flexibility index (Phi) is 5.01. The first kappa shape index (κ1) is 15.7. The molecular weight excluding hydrogens is 288 g/mol. The molecule has 20 heavy (non-hydrogen) atoms. The van der Waals surface area contributed by atoms with Crippen LogP contribution in [-0.2, 0) is 24.5 Å². The van der Waals surface area contributed by atoms with Crippen LogP contribution in [0, 0.1) is 0 Å². The molecule has 0 saturated heterocycles. The van der Waals surface area contributed by atoms with E-state index in [4.69, 9.17) is 4.74 Å². The lowest BCUT2D eigenvalue weighted by molar-refractivity contribution is 0.0845. The molecule has 0 spiro atoms. The summed E-state index contributed by atoms with van der Waals surface area (Å²) in [6, 6.07) is 3.32. The molecule has 0 bridgehead atoms. The topological polar surface area (TPSA) is 47.3 Å². The van der Waals surface area contributed by atoms with Gasteiger partial charge in [0.2, 0.25) is 0 Å². The van der Waals surface area contributed by atoms with Gasteiger partial charge >= 0.3 is 0 Å². The zero-order chi connectivity index (χ0) is 14.8. The lowest BCUT2D eigenvalue weighted by Crippen LogP contribution is -2.22. The van der Waals surface area contributed by atoms with E-state index in [0.717, 1.165) is 29.4 Å². The Morgan fingerprint density at radius 3 is 2.75 bits per heavy atom. The quantitative estimate of drug-likeness (QED) is 0.629. The molecule has 4 nitrogen and oxygen atoms in total. The maximum absolute atomic E-state index is 9.42. The molecule has 112 valence electrons. The van der Waals surface area contributed by atoms with Crippen molar-refractivity contribution < 1.29 is 9.84 Å². The molecule has 0 unspecified atom stereocenters. The number of nitrogens with zero attached hydrogens (tertiary/aromatic N) is 2. The lowest BCUT2D eigenvalue weighted by atomic mass is 10.4. The summed E-state index contributed by atoms with van der Waals surface area (Å²) < 4.78 is 7.79. The Balaban J connectivity index is 2.08. The predicted octanol–water partition coefficient (Wildman–Crippen LogP) is 3.46. The van der Waals surface area contributed by atoms with Crippen molar-refractivity contribution in [3.8, 4) is 0 Å². The summed E-state index contributed by atoms with van der Waals surface area (Å²) in [5.74, 6) is 0.696. The number of thiophene rings is 1. The van der Waals surface area contributed by atoms with Gasteiger partial charge in [-0.25, -0.2) is 4.98 Å². The average molecular weight is 313 g/mol. The van der Waals surface area contributed by atoms with Gasteiger partial charge in [-0.1, -0.05) is 26.6 Å². The lowest BCUT2D eigenvalue weighted by Gasteiger charge is -2.16. The molecule has 6 heteroatoms. The molecular formula is C14H24N2O2SSi. The van der Waals surface area contributed by atoms with Gasteiger partial charge in [0.1, 0.15) is 24.0 Å². The van der Waals surface area contributed by atoms with Gasteiger partial charge in [-0.2, -0.15) is 0 Å². The van der Waals surface area contributed by atoms with Gasteiger partial charge in [0.25, 0.3) is 0 Å².